The Kier molecular flexibility index (Phi) is 5.53. The first-order valence-corrected chi connectivity index (χ1v) is 11.6. The Bertz CT molecular complexity index is 1180. The highest BCUT2D eigenvalue weighted by atomic mass is 32.2. The fraction of sp³-hybridized carbons (Fsp3) is 0.318. The van der Waals surface area contributed by atoms with Crippen molar-refractivity contribution in [2.24, 2.45) is 4.40 Å². The molecule has 0 aromatic heterocycles. The van der Waals surface area contributed by atoms with Crippen molar-refractivity contribution < 1.29 is 18.0 Å². The van der Waals surface area contributed by atoms with Crippen LogP contribution in [0.15, 0.2) is 57.8 Å². The van der Waals surface area contributed by atoms with Gasteiger partial charge < -0.3 is 15.5 Å². The van der Waals surface area contributed by atoms with Gasteiger partial charge in [0.1, 0.15) is 10.9 Å². The van der Waals surface area contributed by atoms with Gasteiger partial charge in [-0.2, -0.15) is 8.42 Å². The summed E-state index contributed by atoms with van der Waals surface area (Å²) in [5.41, 5.74) is 2.06. The molecule has 0 spiro atoms. The average Bonchev–Trinajstić information content (AvgIpc) is 3.31. The number of amidine groups is 1. The van der Waals surface area contributed by atoms with Crippen molar-refractivity contribution in [2.75, 3.05) is 11.9 Å². The van der Waals surface area contributed by atoms with Crippen LogP contribution in [0.1, 0.15) is 43.9 Å². The molecule has 2 aromatic carbocycles. The van der Waals surface area contributed by atoms with Gasteiger partial charge in [0.15, 0.2) is 5.84 Å². The first-order chi connectivity index (χ1) is 14.8. The van der Waals surface area contributed by atoms with Crippen LogP contribution in [0.4, 0.5) is 5.69 Å². The van der Waals surface area contributed by atoms with Crippen molar-refractivity contribution in [2.45, 2.75) is 43.7 Å². The number of nitrogens with one attached hydrogen (secondary N) is 2. The fourth-order valence-electron chi connectivity index (χ4n) is 4.07. The lowest BCUT2D eigenvalue weighted by Gasteiger charge is -2.27. The summed E-state index contributed by atoms with van der Waals surface area (Å²) in [5, 5.41) is 5.76. The van der Waals surface area contributed by atoms with E-state index < -0.39 is 16.1 Å². The SMILES string of the molecule is CC(=O)Nc1cccc(C(C)NC(=O)[C@@H]2CCCN2C2=NS(=O)(=O)c3ccccc32)c1. The lowest BCUT2D eigenvalue weighted by Crippen LogP contribution is -2.46. The van der Waals surface area contributed by atoms with E-state index >= 15 is 0 Å². The van der Waals surface area contributed by atoms with Crippen molar-refractivity contribution >= 4 is 33.4 Å². The number of anilines is 1. The summed E-state index contributed by atoms with van der Waals surface area (Å²) in [6, 6.07) is 13.2. The molecule has 31 heavy (non-hydrogen) atoms. The van der Waals surface area contributed by atoms with Gasteiger partial charge in [-0.25, -0.2) is 0 Å². The number of fused-ring (bicyclic) bond motifs is 1. The largest absolute Gasteiger partial charge is 0.348 e. The van der Waals surface area contributed by atoms with Crippen molar-refractivity contribution in [1.29, 1.82) is 0 Å². The van der Waals surface area contributed by atoms with Crippen molar-refractivity contribution in [3.63, 3.8) is 0 Å². The average molecular weight is 441 g/mol. The third-order valence-electron chi connectivity index (χ3n) is 5.51. The van der Waals surface area contributed by atoms with Gasteiger partial charge in [0.25, 0.3) is 10.0 Å². The summed E-state index contributed by atoms with van der Waals surface area (Å²) in [6.45, 7) is 3.88. The van der Waals surface area contributed by atoms with Gasteiger partial charge in [-0.15, -0.1) is 4.40 Å². The van der Waals surface area contributed by atoms with E-state index in [-0.39, 0.29) is 22.8 Å². The van der Waals surface area contributed by atoms with Crippen LogP contribution >= 0.6 is 0 Å². The van der Waals surface area contributed by atoms with Gasteiger partial charge in [0.05, 0.1) is 6.04 Å². The summed E-state index contributed by atoms with van der Waals surface area (Å²) in [6.07, 6.45) is 1.39. The highest BCUT2D eigenvalue weighted by Crippen LogP contribution is 2.31. The zero-order chi connectivity index (χ0) is 22.2. The first kappa shape index (κ1) is 21.0. The summed E-state index contributed by atoms with van der Waals surface area (Å²) >= 11 is 0. The maximum atomic E-state index is 13.1. The van der Waals surface area contributed by atoms with Crippen LogP contribution in [-0.4, -0.2) is 43.6 Å². The Morgan fingerprint density at radius 3 is 2.71 bits per heavy atom. The van der Waals surface area contributed by atoms with Crippen LogP contribution < -0.4 is 10.6 Å². The Labute approximate surface area is 181 Å². The van der Waals surface area contributed by atoms with Gasteiger partial charge in [-0.3, -0.25) is 9.59 Å². The Balaban J connectivity index is 1.52. The maximum Gasteiger partial charge on any atom is 0.285 e. The van der Waals surface area contributed by atoms with Crippen LogP contribution in [0.5, 0.6) is 0 Å². The smallest absolute Gasteiger partial charge is 0.285 e. The summed E-state index contributed by atoms with van der Waals surface area (Å²) < 4.78 is 28.8. The summed E-state index contributed by atoms with van der Waals surface area (Å²) in [5.74, 6) is -0.00373. The molecule has 162 valence electrons. The molecule has 2 amide bonds. The van der Waals surface area contributed by atoms with Gasteiger partial charge in [0.2, 0.25) is 11.8 Å². The van der Waals surface area contributed by atoms with E-state index in [0.29, 0.717) is 30.1 Å². The van der Waals surface area contributed by atoms with Crippen LogP contribution in [-0.2, 0) is 19.6 Å². The molecule has 2 atom stereocenters. The molecule has 1 fully saturated rings. The monoisotopic (exact) mass is 440 g/mol. The summed E-state index contributed by atoms with van der Waals surface area (Å²) in [4.78, 5) is 26.4. The van der Waals surface area contributed by atoms with Gasteiger partial charge in [-0.05, 0) is 49.6 Å². The zero-order valence-electron chi connectivity index (χ0n) is 17.3. The molecule has 0 aliphatic carbocycles. The van der Waals surface area contributed by atoms with Crippen molar-refractivity contribution in [3.05, 3.63) is 59.7 Å². The van der Waals surface area contributed by atoms with E-state index in [9.17, 15) is 18.0 Å². The van der Waals surface area contributed by atoms with Crippen LogP contribution in [0.25, 0.3) is 0 Å². The standard InChI is InChI=1S/C22H24N4O4S/c1-14(16-7-5-8-17(13-16)24-15(2)27)23-22(28)19-10-6-12-26(19)21-18-9-3-4-11-20(18)31(29,30)25-21/h3-5,7-9,11,13-14,19H,6,10,12H2,1-2H3,(H,23,28)(H,24,27)/t14?,19-/m0/s1. The molecule has 2 N–H and O–H groups in total. The Morgan fingerprint density at radius 2 is 1.94 bits per heavy atom. The molecular weight excluding hydrogens is 416 g/mol. The third kappa shape index (κ3) is 4.18. The molecule has 2 aliphatic rings. The molecule has 2 heterocycles. The molecule has 0 radical (unpaired) electrons. The number of rotatable bonds is 4. The lowest BCUT2D eigenvalue weighted by atomic mass is 10.1. The molecule has 0 saturated carbocycles. The lowest BCUT2D eigenvalue weighted by molar-refractivity contribution is -0.125. The molecule has 1 unspecified atom stereocenters. The minimum atomic E-state index is -3.74. The van der Waals surface area contributed by atoms with E-state index in [4.69, 9.17) is 0 Å². The minimum absolute atomic E-state index is 0.164. The number of carbonyl (C=O) groups is 2. The van der Waals surface area contributed by atoms with Crippen molar-refractivity contribution in [1.82, 2.24) is 10.2 Å². The van der Waals surface area contributed by atoms with E-state index in [0.717, 1.165) is 12.0 Å². The number of likely N-dealkylation sites (tertiary alicyclic amines) is 1. The molecule has 8 nitrogen and oxygen atoms in total. The van der Waals surface area contributed by atoms with E-state index in [1.807, 2.05) is 25.1 Å². The van der Waals surface area contributed by atoms with Crippen LogP contribution in [0.2, 0.25) is 0 Å². The topological polar surface area (TPSA) is 108 Å². The number of carbonyl (C=O) groups excluding carboxylic acids is 2. The molecule has 2 aliphatic heterocycles. The highest BCUT2D eigenvalue weighted by molar-refractivity contribution is 7.90. The fourth-order valence-corrected chi connectivity index (χ4v) is 5.29. The maximum absolute atomic E-state index is 13.1. The second kappa shape index (κ2) is 8.14. The van der Waals surface area contributed by atoms with E-state index in [1.54, 1.807) is 29.2 Å². The van der Waals surface area contributed by atoms with Crippen LogP contribution in [0, 0.1) is 0 Å². The van der Waals surface area contributed by atoms with E-state index in [2.05, 4.69) is 15.0 Å². The number of sulfonamides is 1. The van der Waals surface area contributed by atoms with Gasteiger partial charge in [0, 0.05) is 24.7 Å². The Morgan fingerprint density at radius 1 is 1.16 bits per heavy atom. The minimum Gasteiger partial charge on any atom is -0.348 e. The second-order valence-corrected chi connectivity index (χ2v) is 9.35. The molecule has 0 bridgehead atoms. The predicted octanol–water partition coefficient (Wildman–Crippen LogP) is 2.44. The second-order valence-electron chi connectivity index (χ2n) is 7.77. The number of nitrogens with zero attached hydrogens (tertiary/aromatic N) is 2. The number of hydrogen-bond donors (Lipinski definition) is 2. The first-order valence-electron chi connectivity index (χ1n) is 10.2. The molecule has 4 rings (SSSR count). The highest BCUT2D eigenvalue weighted by Gasteiger charge is 2.39. The molecule has 1 saturated heterocycles. The number of amides is 2. The van der Waals surface area contributed by atoms with Crippen LogP contribution in [0.3, 0.4) is 0 Å². The zero-order valence-corrected chi connectivity index (χ0v) is 18.1. The molecule has 2 aromatic rings. The predicted molar refractivity (Wildman–Crippen MR) is 117 cm³/mol. The number of hydrogen-bond acceptors (Lipinski definition) is 5. The molecule has 9 heteroatoms. The van der Waals surface area contributed by atoms with Crippen molar-refractivity contribution in [3.8, 4) is 0 Å². The summed E-state index contributed by atoms with van der Waals surface area (Å²) in [7, 11) is -3.74. The third-order valence-corrected chi connectivity index (χ3v) is 6.83. The normalized spacial score (nSPS) is 20.0. The van der Waals surface area contributed by atoms with Gasteiger partial charge in [-0.1, -0.05) is 24.3 Å². The Hall–Kier alpha value is -3.20. The van der Waals surface area contributed by atoms with E-state index in [1.165, 1.54) is 13.0 Å². The quantitative estimate of drug-likeness (QED) is 0.759. The van der Waals surface area contributed by atoms with Gasteiger partial charge >= 0.3 is 0 Å². The molecular formula is C22H24N4O4S. The number of benzene rings is 2.